The molecule has 0 amide bonds. The molecular weight excluding hydrogens is 550 g/mol. The van der Waals surface area contributed by atoms with Gasteiger partial charge in [0.15, 0.2) is 0 Å². The Morgan fingerprint density at radius 3 is 2.23 bits per heavy atom. The van der Waals surface area contributed by atoms with Gasteiger partial charge in [-0.15, -0.1) is 19.2 Å². The van der Waals surface area contributed by atoms with Crippen molar-refractivity contribution in [1.29, 1.82) is 0 Å². The van der Waals surface area contributed by atoms with Crippen LogP contribution >= 0.6 is 0 Å². The molecule has 1 aliphatic rings. The summed E-state index contributed by atoms with van der Waals surface area (Å²) in [6, 6.07) is 16.5. The summed E-state index contributed by atoms with van der Waals surface area (Å²) in [6.07, 6.45) is 16.1. The van der Waals surface area contributed by atoms with Gasteiger partial charge in [0.05, 0.1) is 5.69 Å². The molecule has 1 aliphatic carbocycles. The minimum absolute atomic E-state index is 0. The molecule has 3 nitrogen and oxygen atoms in total. The van der Waals surface area contributed by atoms with Crippen molar-refractivity contribution in [2.24, 2.45) is 5.92 Å². The summed E-state index contributed by atoms with van der Waals surface area (Å²) in [5, 5.41) is 5.42. The normalized spacial score (nSPS) is 13.3. The Morgan fingerprint density at radius 1 is 1.05 bits per heavy atom. The largest absolute Gasteiger partial charge is 1.00 e. The number of benzene rings is 1. The van der Waals surface area contributed by atoms with Crippen molar-refractivity contribution in [3.05, 3.63) is 109 Å². The average molecular weight is 604 g/mol. The molecule has 2 heterocycles. The van der Waals surface area contributed by atoms with Crippen LogP contribution in [0.3, 0.4) is 0 Å². The Balaban J connectivity index is 0.00000116. The molecule has 0 bridgehead atoms. The monoisotopic (exact) mass is 603 g/mol. The Kier molecular flexibility index (Phi) is 23.7. The molecule has 0 fully saturated rings. The number of rotatable bonds is 8. The Morgan fingerprint density at radius 2 is 1.72 bits per heavy atom. The molecule has 1 N–H and O–H groups in total. The number of hydrogen-bond acceptors (Lipinski definition) is 3. The third-order valence-corrected chi connectivity index (χ3v) is 6.75. The zero-order valence-corrected chi connectivity index (χ0v) is 31.5. The number of aromatic nitrogens is 2. The number of hydrogen-bond donors (Lipinski definition) is 1. The third-order valence-electron chi connectivity index (χ3n) is 6.75. The Labute approximate surface area is 306 Å². The number of unbranched alkanes of at least 4 members (excludes halogenated alkanes) is 2. The molecule has 4 heteroatoms. The molecule has 0 saturated heterocycles. The minimum Gasteiger partial charge on any atom is -0.386 e. The maximum absolute atomic E-state index is 4.69. The quantitative estimate of drug-likeness (QED) is 0.200. The van der Waals surface area contributed by atoms with E-state index in [0.29, 0.717) is 5.92 Å². The summed E-state index contributed by atoms with van der Waals surface area (Å²) in [7, 11) is 0. The molecule has 2 aromatic heterocycles. The van der Waals surface area contributed by atoms with Crippen molar-refractivity contribution >= 4 is 23.3 Å². The van der Waals surface area contributed by atoms with Gasteiger partial charge in [0.2, 0.25) is 0 Å². The van der Waals surface area contributed by atoms with Gasteiger partial charge in [0.1, 0.15) is 0 Å². The fraction of sp³-hybridized carbons (Fsp3) is 0.385. The van der Waals surface area contributed by atoms with E-state index < -0.39 is 0 Å². The fourth-order valence-electron chi connectivity index (χ4n) is 4.50. The van der Waals surface area contributed by atoms with Crippen LogP contribution in [-0.4, -0.2) is 23.1 Å². The van der Waals surface area contributed by atoms with E-state index in [1.165, 1.54) is 29.7 Å². The summed E-state index contributed by atoms with van der Waals surface area (Å²) in [5.41, 5.74) is 7.18. The van der Waals surface area contributed by atoms with Gasteiger partial charge in [-0.1, -0.05) is 97.0 Å². The molecule has 228 valence electrons. The molecule has 0 aliphatic heterocycles. The Bertz CT molecular complexity index is 1330. The van der Waals surface area contributed by atoms with E-state index in [2.05, 4.69) is 106 Å². The van der Waals surface area contributed by atoms with Crippen LogP contribution in [-0.2, 0) is 0 Å². The smallest absolute Gasteiger partial charge is 0.386 e. The van der Waals surface area contributed by atoms with E-state index in [9.17, 15) is 0 Å². The number of pyridine rings is 2. The summed E-state index contributed by atoms with van der Waals surface area (Å²) >= 11 is 0. The van der Waals surface area contributed by atoms with Gasteiger partial charge in [0.25, 0.3) is 0 Å². The van der Waals surface area contributed by atoms with Gasteiger partial charge >= 0.3 is 51.4 Å². The zero-order chi connectivity index (χ0) is 31.3. The van der Waals surface area contributed by atoms with E-state index in [1.54, 1.807) is 0 Å². The third kappa shape index (κ3) is 14.3. The van der Waals surface area contributed by atoms with Crippen LogP contribution in [0.2, 0.25) is 0 Å². The first-order valence-electron chi connectivity index (χ1n) is 15.7. The van der Waals surface area contributed by atoms with Crippen LogP contribution in [0.15, 0.2) is 61.2 Å². The van der Waals surface area contributed by atoms with Gasteiger partial charge < -0.3 is 24.1 Å². The molecular formula is C39H54KN3-2. The van der Waals surface area contributed by atoms with Crippen molar-refractivity contribution < 1.29 is 51.4 Å². The van der Waals surface area contributed by atoms with Crippen molar-refractivity contribution in [3.8, 4) is 11.3 Å². The zero-order valence-electron chi connectivity index (χ0n) is 28.4. The number of aryl methyl sites for hydroxylation is 1. The van der Waals surface area contributed by atoms with Crippen LogP contribution < -0.4 is 67.1 Å². The first kappa shape index (κ1) is 41.3. The summed E-state index contributed by atoms with van der Waals surface area (Å²) < 4.78 is 0. The number of allylic oxidation sites excluding steroid dienone is 3. The molecule has 4 rings (SSSR count). The van der Waals surface area contributed by atoms with Crippen LogP contribution in [0.5, 0.6) is 0 Å². The standard InChI is InChI=1S/C28H27N2.C5H12.C4H9N.C2H6.K/c1-5-24(21(4)27-11-8-9-20(3)30-27)23-17-22-14-12-19(2)13-15-25(22)26(18-23)28-10-6-7-16-29-28;2*1-3-5-4-2;1-2;/h5-11,14-15,17-19H,4,12-13H2,1-3H3;3-5H2,1-2H3;5H,1-4H2;1-2H3;/q-1;;-2;;+1/b24-5+;;;;. The second kappa shape index (κ2) is 24.6. The van der Waals surface area contributed by atoms with Gasteiger partial charge in [-0.2, -0.15) is 12.1 Å². The molecule has 1 atom stereocenters. The number of nitrogens with one attached hydrogen (secondary N) is 1. The minimum atomic E-state index is 0. The average Bonchev–Trinajstić information content (AvgIpc) is 3.21. The van der Waals surface area contributed by atoms with Crippen molar-refractivity contribution in [3.63, 3.8) is 0 Å². The summed E-state index contributed by atoms with van der Waals surface area (Å²) in [6.45, 7) is 27.8. The molecule has 0 radical (unpaired) electrons. The Hall–Kier alpha value is -1.66. The molecule has 1 aromatic carbocycles. The number of nitrogens with zero attached hydrogens (tertiary/aromatic N) is 2. The van der Waals surface area contributed by atoms with Gasteiger partial charge in [-0.25, -0.2) is 0 Å². The van der Waals surface area contributed by atoms with E-state index in [-0.39, 0.29) is 51.4 Å². The van der Waals surface area contributed by atoms with Gasteiger partial charge in [0, 0.05) is 11.3 Å². The van der Waals surface area contributed by atoms with E-state index in [1.807, 2.05) is 51.1 Å². The van der Waals surface area contributed by atoms with Gasteiger partial charge in [-0.05, 0) is 83.6 Å². The predicted octanol–water partition coefficient (Wildman–Crippen LogP) is 5.83. The molecule has 0 spiro atoms. The molecule has 43 heavy (non-hydrogen) atoms. The van der Waals surface area contributed by atoms with Crippen LogP contribution in [0, 0.1) is 32.9 Å². The molecule has 1 unspecified atom stereocenters. The first-order chi connectivity index (χ1) is 20.4. The van der Waals surface area contributed by atoms with E-state index in [4.69, 9.17) is 0 Å². The maximum Gasteiger partial charge on any atom is 1.00 e. The number of fused-ring (bicyclic) bond motifs is 1. The van der Waals surface area contributed by atoms with Crippen molar-refractivity contribution in [1.82, 2.24) is 15.3 Å². The second-order valence-corrected chi connectivity index (χ2v) is 10.1. The van der Waals surface area contributed by atoms with Crippen LogP contribution in [0.25, 0.3) is 34.6 Å². The topological polar surface area (TPSA) is 37.8 Å². The first-order valence-corrected chi connectivity index (χ1v) is 15.7. The van der Waals surface area contributed by atoms with E-state index >= 15 is 0 Å². The van der Waals surface area contributed by atoms with Gasteiger partial charge in [-0.3, -0.25) is 4.98 Å². The molecule has 3 aromatic rings. The van der Waals surface area contributed by atoms with Crippen LogP contribution in [0.1, 0.15) is 90.6 Å². The summed E-state index contributed by atoms with van der Waals surface area (Å²) in [4.78, 5) is 9.22. The molecule has 0 saturated carbocycles. The fourth-order valence-corrected chi connectivity index (χ4v) is 4.50. The van der Waals surface area contributed by atoms with Crippen molar-refractivity contribution in [2.75, 3.05) is 13.1 Å². The maximum atomic E-state index is 4.69. The van der Waals surface area contributed by atoms with Crippen LogP contribution in [0.4, 0.5) is 0 Å². The van der Waals surface area contributed by atoms with Crippen molar-refractivity contribution in [2.45, 2.75) is 80.6 Å². The summed E-state index contributed by atoms with van der Waals surface area (Å²) in [5.74, 6) is 0.636. The SMILES string of the molecule is C=C(/C(=C\C)c1cc(-c2ccc[c-]n2)c2c(c1)=CCC(C)CC=2)c1cccc(C)n1.CC.CCCCC.[CH2-]CNC[CH2-].[K+]. The van der Waals surface area contributed by atoms with E-state index in [0.717, 1.165) is 65.3 Å². The second-order valence-electron chi connectivity index (χ2n) is 10.1. The predicted molar refractivity (Wildman–Crippen MR) is 187 cm³/mol.